The average Bonchev–Trinajstić information content (AvgIpc) is 2.11. The Hall–Kier alpha value is -0.580. The van der Waals surface area contributed by atoms with Gasteiger partial charge >= 0.3 is 0 Å². The number of ether oxygens (including phenoxy) is 1. The van der Waals surface area contributed by atoms with E-state index in [1.807, 2.05) is 19.1 Å². The van der Waals surface area contributed by atoms with Gasteiger partial charge in [0.25, 0.3) is 0 Å². The number of hydroxylamine groups is 2. The minimum absolute atomic E-state index is 0.453. The minimum atomic E-state index is 0.453. The predicted octanol–water partition coefficient (Wildman–Crippen LogP) is 2.59. The molecule has 0 heterocycles. The van der Waals surface area contributed by atoms with Crippen LogP contribution in [0.1, 0.15) is 11.1 Å². The molecule has 1 aromatic rings. The summed E-state index contributed by atoms with van der Waals surface area (Å²) in [5.41, 5.74) is 2.10. The van der Waals surface area contributed by atoms with Crippen LogP contribution in [0.4, 0.5) is 0 Å². The number of hydrogen-bond acceptors (Lipinski definition) is 3. The largest absolute Gasteiger partial charge is 0.495 e. The van der Waals surface area contributed by atoms with E-state index in [1.165, 1.54) is 0 Å². The van der Waals surface area contributed by atoms with Crippen molar-refractivity contribution in [3.05, 3.63) is 27.7 Å². The third-order valence-corrected chi connectivity index (χ3v) is 2.66. The summed E-state index contributed by atoms with van der Waals surface area (Å²) in [4.78, 5) is 0. The first-order chi connectivity index (χ1) is 6.56. The van der Waals surface area contributed by atoms with Crippen molar-refractivity contribution in [2.75, 3.05) is 14.2 Å². The van der Waals surface area contributed by atoms with Gasteiger partial charge < -0.3 is 9.94 Å². The van der Waals surface area contributed by atoms with Crippen LogP contribution in [0.2, 0.25) is 0 Å². The SMILES string of the molecule is COc1c(Br)ccc(C)c1CN(C)O. The molecule has 1 aromatic carbocycles. The molecule has 0 aliphatic rings. The molecule has 78 valence electrons. The summed E-state index contributed by atoms with van der Waals surface area (Å²) in [6.45, 7) is 2.45. The zero-order valence-corrected chi connectivity index (χ0v) is 10.1. The van der Waals surface area contributed by atoms with Gasteiger partial charge in [-0.05, 0) is 34.5 Å². The van der Waals surface area contributed by atoms with Gasteiger partial charge in [-0.1, -0.05) is 6.07 Å². The number of aryl methyl sites for hydroxylation is 1. The maximum Gasteiger partial charge on any atom is 0.137 e. The first kappa shape index (κ1) is 11.5. The lowest BCUT2D eigenvalue weighted by molar-refractivity contribution is -0.0737. The zero-order chi connectivity index (χ0) is 10.7. The Morgan fingerprint density at radius 3 is 2.64 bits per heavy atom. The highest BCUT2D eigenvalue weighted by Gasteiger charge is 2.11. The Balaban J connectivity index is 3.16. The van der Waals surface area contributed by atoms with Crippen molar-refractivity contribution >= 4 is 15.9 Å². The van der Waals surface area contributed by atoms with Gasteiger partial charge in [0.1, 0.15) is 5.75 Å². The maximum absolute atomic E-state index is 9.20. The van der Waals surface area contributed by atoms with Crippen LogP contribution in [-0.4, -0.2) is 24.4 Å². The van der Waals surface area contributed by atoms with E-state index in [0.29, 0.717) is 6.54 Å². The topological polar surface area (TPSA) is 32.7 Å². The van der Waals surface area contributed by atoms with Crippen LogP contribution in [0.3, 0.4) is 0 Å². The molecule has 0 spiro atoms. The third-order valence-electron chi connectivity index (χ3n) is 2.04. The van der Waals surface area contributed by atoms with Gasteiger partial charge in [-0.2, -0.15) is 5.06 Å². The van der Waals surface area contributed by atoms with Crippen LogP contribution in [0.5, 0.6) is 5.75 Å². The summed E-state index contributed by atoms with van der Waals surface area (Å²) in [5.74, 6) is 0.783. The van der Waals surface area contributed by atoms with E-state index in [9.17, 15) is 5.21 Å². The number of halogens is 1. The molecule has 14 heavy (non-hydrogen) atoms. The molecular formula is C10H14BrNO2. The molecule has 0 bridgehead atoms. The summed E-state index contributed by atoms with van der Waals surface area (Å²) in [7, 11) is 3.24. The molecule has 0 saturated heterocycles. The molecule has 0 aliphatic carbocycles. The van der Waals surface area contributed by atoms with Gasteiger partial charge in [-0.3, -0.25) is 0 Å². The molecule has 0 radical (unpaired) electrons. The zero-order valence-electron chi connectivity index (χ0n) is 8.54. The molecule has 3 nitrogen and oxygen atoms in total. The highest BCUT2D eigenvalue weighted by molar-refractivity contribution is 9.10. The van der Waals surface area contributed by atoms with Crippen molar-refractivity contribution in [2.24, 2.45) is 0 Å². The summed E-state index contributed by atoms with van der Waals surface area (Å²) >= 11 is 3.41. The third kappa shape index (κ3) is 2.47. The monoisotopic (exact) mass is 259 g/mol. The first-order valence-corrected chi connectivity index (χ1v) is 5.07. The molecule has 0 fully saturated rings. The maximum atomic E-state index is 9.20. The van der Waals surface area contributed by atoms with Crippen LogP contribution in [0, 0.1) is 6.92 Å². The highest BCUT2D eigenvalue weighted by Crippen LogP contribution is 2.31. The Kier molecular flexibility index (Phi) is 3.92. The summed E-state index contributed by atoms with van der Waals surface area (Å²) in [6.07, 6.45) is 0. The van der Waals surface area contributed by atoms with Crippen LogP contribution < -0.4 is 4.74 Å². The van der Waals surface area contributed by atoms with Gasteiger partial charge in [-0.25, -0.2) is 0 Å². The van der Waals surface area contributed by atoms with Crippen molar-refractivity contribution in [3.8, 4) is 5.75 Å². The normalized spacial score (nSPS) is 10.7. The second-order valence-electron chi connectivity index (χ2n) is 3.19. The summed E-state index contributed by atoms with van der Waals surface area (Å²) in [6, 6.07) is 3.93. The fourth-order valence-electron chi connectivity index (χ4n) is 1.34. The second kappa shape index (κ2) is 4.77. The molecule has 0 atom stereocenters. The quantitative estimate of drug-likeness (QED) is 0.848. The standard InChI is InChI=1S/C10H14BrNO2/c1-7-4-5-9(11)10(14-3)8(7)6-12(2)13/h4-5,13H,6H2,1-3H3. The molecule has 0 saturated carbocycles. The Morgan fingerprint density at radius 1 is 1.50 bits per heavy atom. The van der Waals surface area contributed by atoms with Gasteiger partial charge in [0.05, 0.1) is 18.1 Å². The predicted molar refractivity (Wildman–Crippen MR) is 58.7 cm³/mol. The smallest absolute Gasteiger partial charge is 0.137 e. The molecule has 4 heteroatoms. The van der Waals surface area contributed by atoms with Gasteiger partial charge in [0, 0.05) is 12.6 Å². The number of hydrogen-bond donors (Lipinski definition) is 1. The van der Waals surface area contributed by atoms with E-state index >= 15 is 0 Å². The number of rotatable bonds is 3. The number of methoxy groups -OCH3 is 1. The highest BCUT2D eigenvalue weighted by atomic mass is 79.9. The molecular weight excluding hydrogens is 246 g/mol. The van der Waals surface area contributed by atoms with E-state index in [0.717, 1.165) is 26.4 Å². The van der Waals surface area contributed by atoms with E-state index in [-0.39, 0.29) is 0 Å². The molecule has 0 aromatic heterocycles. The van der Waals surface area contributed by atoms with E-state index in [2.05, 4.69) is 15.9 Å². The average molecular weight is 260 g/mol. The molecule has 0 unspecified atom stereocenters. The van der Waals surface area contributed by atoms with Gasteiger partial charge in [0.15, 0.2) is 0 Å². The lowest BCUT2D eigenvalue weighted by Gasteiger charge is -2.15. The van der Waals surface area contributed by atoms with Crippen LogP contribution in [-0.2, 0) is 6.54 Å². The second-order valence-corrected chi connectivity index (χ2v) is 4.05. The Bertz CT molecular complexity index is 326. The molecule has 1 N–H and O–H groups in total. The number of benzene rings is 1. The van der Waals surface area contributed by atoms with Gasteiger partial charge in [0.2, 0.25) is 0 Å². The lowest BCUT2D eigenvalue weighted by Crippen LogP contribution is -2.13. The van der Waals surface area contributed by atoms with Crippen molar-refractivity contribution in [1.29, 1.82) is 0 Å². The summed E-state index contributed by atoms with van der Waals surface area (Å²) in [5, 5.41) is 10.3. The molecule has 0 amide bonds. The lowest BCUT2D eigenvalue weighted by atomic mass is 10.1. The van der Waals surface area contributed by atoms with Crippen molar-refractivity contribution < 1.29 is 9.94 Å². The van der Waals surface area contributed by atoms with E-state index in [1.54, 1.807) is 14.2 Å². The van der Waals surface area contributed by atoms with Crippen LogP contribution in [0.25, 0.3) is 0 Å². The van der Waals surface area contributed by atoms with E-state index in [4.69, 9.17) is 4.74 Å². The number of nitrogens with zero attached hydrogens (tertiary/aromatic N) is 1. The first-order valence-electron chi connectivity index (χ1n) is 4.28. The summed E-state index contributed by atoms with van der Waals surface area (Å²) < 4.78 is 6.18. The van der Waals surface area contributed by atoms with Crippen LogP contribution in [0.15, 0.2) is 16.6 Å². The molecule has 0 aliphatic heterocycles. The van der Waals surface area contributed by atoms with Crippen LogP contribution >= 0.6 is 15.9 Å². The van der Waals surface area contributed by atoms with Crippen molar-refractivity contribution in [1.82, 2.24) is 5.06 Å². The van der Waals surface area contributed by atoms with Crippen molar-refractivity contribution in [3.63, 3.8) is 0 Å². The fraction of sp³-hybridized carbons (Fsp3) is 0.400. The van der Waals surface area contributed by atoms with E-state index < -0.39 is 0 Å². The fourth-order valence-corrected chi connectivity index (χ4v) is 1.88. The molecule has 1 rings (SSSR count). The Labute approximate surface area is 92.4 Å². The van der Waals surface area contributed by atoms with Crippen molar-refractivity contribution in [2.45, 2.75) is 13.5 Å². The Morgan fingerprint density at radius 2 is 2.14 bits per heavy atom. The van der Waals surface area contributed by atoms with Gasteiger partial charge in [-0.15, -0.1) is 0 Å². The minimum Gasteiger partial charge on any atom is -0.495 e.